The Labute approximate surface area is 115 Å². The summed E-state index contributed by atoms with van der Waals surface area (Å²) in [4.78, 5) is 2.39. The summed E-state index contributed by atoms with van der Waals surface area (Å²) in [5.41, 5.74) is 7.88. The van der Waals surface area contributed by atoms with Crippen molar-refractivity contribution in [1.82, 2.24) is 0 Å². The van der Waals surface area contributed by atoms with E-state index in [9.17, 15) is 0 Å². The lowest BCUT2D eigenvalue weighted by Crippen LogP contribution is -2.31. The van der Waals surface area contributed by atoms with Crippen LogP contribution in [0, 0.1) is 0 Å². The first-order valence-electron chi connectivity index (χ1n) is 6.93. The van der Waals surface area contributed by atoms with Gasteiger partial charge in [-0.3, -0.25) is 0 Å². The van der Waals surface area contributed by atoms with E-state index >= 15 is 0 Å². The van der Waals surface area contributed by atoms with Gasteiger partial charge in [0.05, 0.1) is 0 Å². The van der Waals surface area contributed by atoms with Crippen molar-refractivity contribution in [3.8, 4) is 0 Å². The molecule has 0 spiro atoms. The van der Waals surface area contributed by atoms with Gasteiger partial charge in [-0.05, 0) is 30.5 Å². The molecule has 2 nitrogen and oxygen atoms in total. The fourth-order valence-corrected chi connectivity index (χ4v) is 3.03. The quantitative estimate of drug-likeness (QED) is 0.839. The number of halogens is 1. The second-order valence-electron chi connectivity index (χ2n) is 5.24. The summed E-state index contributed by atoms with van der Waals surface area (Å²) in [5.74, 6) is 0. The molecule has 1 aliphatic carbocycles. The van der Waals surface area contributed by atoms with Gasteiger partial charge in [-0.15, -0.1) is 0 Å². The smallest absolute Gasteiger partial charge is 0.0471 e. The van der Waals surface area contributed by atoms with Crippen LogP contribution in [-0.2, 0) is 6.54 Å². The van der Waals surface area contributed by atoms with E-state index in [0.717, 1.165) is 10.6 Å². The molecule has 18 heavy (non-hydrogen) atoms. The molecular weight excluding hydrogens is 244 g/mol. The van der Waals surface area contributed by atoms with Crippen LogP contribution in [0.25, 0.3) is 0 Å². The highest BCUT2D eigenvalue weighted by Crippen LogP contribution is 2.28. The van der Waals surface area contributed by atoms with Gasteiger partial charge >= 0.3 is 0 Å². The summed E-state index contributed by atoms with van der Waals surface area (Å²) in [6.45, 7) is 0.506. The summed E-state index contributed by atoms with van der Waals surface area (Å²) in [6.07, 6.45) is 8.07. The third-order valence-electron chi connectivity index (χ3n) is 4.04. The molecule has 1 aliphatic rings. The molecule has 0 bridgehead atoms. The van der Waals surface area contributed by atoms with Crippen LogP contribution in [0.4, 0.5) is 5.69 Å². The standard InChI is InChI=1S/C15H23ClN2/c1-18(13-6-4-2-3-5-7-13)14-9-8-12(11-17)15(16)10-14/h8-10,13H,2-7,11,17H2,1H3. The SMILES string of the molecule is CN(c1ccc(CN)c(Cl)c1)C1CCCCCC1. The molecule has 1 fully saturated rings. The minimum atomic E-state index is 0.506. The topological polar surface area (TPSA) is 29.3 Å². The monoisotopic (exact) mass is 266 g/mol. The molecule has 2 N–H and O–H groups in total. The van der Waals surface area contributed by atoms with Gasteiger partial charge in [0.15, 0.2) is 0 Å². The van der Waals surface area contributed by atoms with Crippen LogP contribution < -0.4 is 10.6 Å². The lowest BCUT2D eigenvalue weighted by atomic mass is 10.1. The summed E-state index contributed by atoms with van der Waals surface area (Å²) in [7, 11) is 2.18. The van der Waals surface area contributed by atoms with E-state index in [-0.39, 0.29) is 0 Å². The van der Waals surface area contributed by atoms with Gasteiger partial charge in [0.25, 0.3) is 0 Å². The Morgan fingerprint density at radius 2 is 1.89 bits per heavy atom. The van der Waals surface area contributed by atoms with E-state index in [2.05, 4.69) is 24.1 Å². The molecule has 0 saturated heterocycles. The molecule has 1 aromatic carbocycles. The fourth-order valence-electron chi connectivity index (χ4n) is 2.78. The number of nitrogens with zero attached hydrogens (tertiary/aromatic N) is 1. The number of benzene rings is 1. The normalized spacial score (nSPS) is 17.5. The predicted octanol–water partition coefficient (Wildman–Crippen LogP) is 3.96. The summed E-state index contributed by atoms with van der Waals surface area (Å²) >= 11 is 6.24. The molecule has 100 valence electrons. The highest BCUT2D eigenvalue weighted by molar-refractivity contribution is 6.31. The van der Waals surface area contributed by atoms with Gasteiger partial charge in [-0.1, -0.05) is 43.4 Å². The first kappa shape index (κ1) is 13.7. The van der Waals surface area contributed by atoms with Crippen molar-refractivity contribution < 1.29 is 0 Å². The molecule has 1 aromatic rings. The Bertz CT molecular complexity index is 384. The Morgan fingerprint density at radius 1 is 1.22 bits per heavy atom. The summed E-state index contributed by atoms with van der Waals surface area (Å²) in [5, 5.41) is 0.787. The Morgan fingerprint density at radius 3 is 2.44 bits per heavy atom. The highest BCUT2D eigenvalue weighted by Gasteiger charge is 2.17. The minimum Gasteiger partial charge on any atom is -0.372 e. The lowest BCUT2D eigenvalue weighted by Gasteiger charge is -2.29. The molecule has 1 saturated carbocycles. The van der Waals surface area contributed by atoms with E-state index in [4.69, 9.17) is 17.3 Å². The van der Waals surface area contributed by atoms with Crippen LogP contribution in [0.5, 0.6) is 0 Å². The van der Waals surface area contributed by atoms with Crippen LogP contribution in [-0.4, -0.2) is 13.1 Å². The zero-order valence-corrected chi connectivity index (χ0v) is 11.9. The van der Waals surface area contributed by atoms with Gasteiger partial charge in [0, 0.05) is 30.3 Å². The minimum absolute atomic E-state index is 0.506. The lowest BCUT2D eigenvalue weighted by molar-refractivity contribution is 0.553. The maximum Gasteiger partial charge on any atom is 0.0471 e. The number of nitrogens with two attached hydrogens (primary N) is 1. The van der Waals surface area contributed by atoms with Crippen LogP contribution in [0.3, 0.4) is 0 Å². The largest absolute Gasteiger partial charge is 0.372 e. The van der Waals surface area contributed by atoms with Gasteiger partial charge in [0.1, 0.15) is 0 Å². The van der Waals surface area contributed by atoms with Crippen molar-refractivity contribution >= 4 is 17.3 Å². The maximum absolute atomic E-state index is 6.24. The van der Waals surface area contributed by atoms with E-state index in [0.29, 0.717) is 12.6 Å². The van der Waals surface area contributed by atoms with E-state index < -0.39 is 0 Å². The van der Waals surface area contributed by atoms with Gasteiger partial charge in [-0.2, -0.15) is 0 Å². The van der Waals surface area contributed by atoms with Crippen molar-refractivity contribution in [3.05, 3.63) is 28.8 Å². The molecule has 3 heteroatoms. The van der Waals surface area contributed by atoms with E-state index in [1.165, 1.54) is 44.2 Å². The molecule has 0 amide bonds. The first-order valence-corrected chi connectivity index (χ1v) is 7.31. The fraction of sp³-hybridized carbons (Fsp3) is 0.600. The number of rotatable bonds is 3. The van der Waals surface area contributed by atoms with Crippen molar-refractivity contribution in [2.75, 3.05) is 11.9 Å². The second-order valence-corrected chi connectivity index (χ2v) is 5.64. The second kappa shape index (κ2) is 6.44. The number of hydrogen-bond donors (Lipinski definition) is 1. The Hall–Kier alpha value is -0.730. The summed E-state index contributed by atoms with van der Waals surface area (Å²) < 4.78 is 0. The van der Waals surface area contributed by atoms with Crippen molar-refractivity contribution in [3.63, 3.8) is 0 Å². The Kier molecular flexibility index (Phi) is 4.90. The molecule has 0 unspecified atom stereocenters. The maximum atomic E-state index is 6.24. The van der Waals surface area contributed by atoms with Crippen molar-refractivity contribution in [2.45, 2.75) is 51.1 Å². The van der Waals surface area contributed by atoms with Crippen molar-refractivity contribution in [2.24, 2.45) is 5.73 Å². The van der Waals surface area contributed by atoms with Gasteiger partial charge in [-0.25, -0.2) is 0 Å². The van der Waals surface area contributed by atoms with E-state index in [1.54, 1.807) is 0 Å². The average Bonchev–Trinajstić information content (AvgIpc) is 2.66. The molecule has 0 atom stereocenters. The molecule has 0 radical (unpaired) electrons. The molecule has 0 heterocycles. The third kappa shape index (κ3) is 3.18. The van der Waals surface area contributed by atoms with Crippen LogP contribution in [0.15, 0.2) is 18.2 Å². The van der Waals surface area contributed by atoms with Gasteiger partial charge in [0.2, 0.25) is 0 Å². The van der Waals surface area contributed by atoms with Crippen LogP contribution >= 0.6 is 11.6 Å². The third-order valence-corrected chi connectivity index (χ3v) is 4.39. The summed E-state index contributed by atoms with van der Waals surface area (Å²) in [6, 6.07) is 6.89. The average molecular weight is 267 g/mol. The number of hydrogen-bond acceptors (Lipinski definition) is 2. The molecule has 0 aliphatic heterocycles. The zero-order chi connectivity index (χ0) is 13.0. The van der Waals surface area contributed by atoms with Gasteiger partial charge < -0.3 is 10.6 Å². The molecule has 2 rings (SSSR count). The van der Waals surface area contributed by atoms with E-state index in [1.807, 2.05) is 6.07 Å². The van der Waals surface area contributed by atoms with Crippen LogP contribution in [0.2, 0.25) is 5.02 Å². The first-order chi connectivity index (χ1) is 8.72. The predicted molar refractivity (Wildman–Crippen MR) is 79.2 cm³/mol. The van der Waals surface area contributed by atoms with Crippen LogP contribution in [0.1, 0.15) is 44.1 Å². The number of anilines is 1. The molecule has 0 aromatic heterocycles. The Balaban J connectivity index is 2.11. The molecular formula is C15H23ClN2. The zero-order valence-electron chi connectivity index (χ0n) is 11.2. The highest BCUT2D eigenvalue weighted by atomic mass is 35.5. The van der Waals surface area contributed by atoms with Crippen molar-refractivity contribution in [1.29, 1.82) is 0 Å².